The zero-order chi connectivity index (χ0) is 14.0. The van der Waals surface area contributed by atoms with Crippen LogP contribution in [0.25, 0.3) is 11.1 Å². The minimum Gasteiger partial charge on any atom is -0.258 e. The van der Waals surface area contributed by atoms with Crippen LogP contribution in [0.2, 0.25) is 0 Å². The van der Waals surface area contributed by atoms with Crippen molar-refractivity contribution in [3.05, 3.63) is 64.0 Å². The summed E-state index contributed by atoms with van der Waals surface area (Å²) in [6.07, 6.45) is 0. The molecule has 0 N–H and O–H groups in total. The van der Waals surface area contributed by atoms with Crippen molar-refractivity contribution in [2.75, 3.05) is 0 Å². The zero-order valence-corrected chi connectivity index (χ0v) is 10.8. The fraction of sp³-hybridized carbons (Fsp3) is 0.200. The maximum absolute atomic E-state index is 13.6. The second-order valence-electron chi connectivity index (χ2n) is 4.70. The van der Waals surface area contributed by atoms with Gasteiger partial charge < -0.3 is 0 Å². The molecule has 0 saturated carbocycles. The maximum atomic E-state index is 13.6. The molecule has 2 aromatic carbocycles. The number of halogens is 1. The van der Waals surface area contributed by atoms with E-state index in [2.05, 4.69) is 13.8 Å². The highest BCUT2D eigenvalue weighted by atomic mass is 19.1. The second kappa shape index (κ2) is 5.18. The first kappa shape index (κ1) is 13.2. The summed E-state index contributed by atoms with van der Waals surface area (Å²) in [5, 5.41) is 10.6. The molecule has 0 aliphatic heterocycles. The van der Waals surface area contributed by atoms with Crippen LogP contribution in [0.3, 0.4) is 0 Å². The van der Waals surface area contributed by atoms with E-state index in [1.807, 2.05) is 24.3 Å². The molecule has 0 spiro atoms. The smallest absolute Gasteiger partial charge is 0.258 e. The predicted molar refractivity (Wildman–Crippen MR) is 72.6 cm³/mol. The van der Waals surface area contributed by atoms with Crippen LogP contribution in [-0.4, -0.2) is 4.92 Å². The fourth-order valence-corrected chi connectivity index (χ4v) is 1.89. The molecule has 0 aliphatic carbocycles. The number of benzene rings is 2. The van der Waals surface area contributed by atoms with Crippen LogP contribution in [-0.2, 0) is 0 Å². The molecule has 0 fully saturated rings. The molecule has 4 heteroatoms. The lowest BCUT2D eigenvalue weighted by Crippen LogP contribution is -1.93. The SMILES string of the molecule is CC(C)c1ccc(-c2ccc([N+](=O)[O-])c(F)c2)cc1. The van der Waals surface area contributed by atoms with Gasteiger partial charge in [0.15, 0.2) is 0 Å². The number of rotatable bonds is 3. The molecular formula is C15H14FNO2. The third-order valence-corrected chi connectivity index (χ3v) is 3.06. The Balaban J connectivity index is 2.37. The minimum atomic E-state index is -0.810. The average Bonchev–Trinajstić information content (AvgIpc) is 2.38. The molecule has 98 valence electrons. The van der Waals surface area contributed by atoms with E-state index in [1.54, 1.807) is 6.07 Å². The van der Waals surface area contributed by atoms with E-state index < -0.39 is 16.4 Å². The van der Waals surface area contributed by atoms with Crippen molar-refractivity contribution < 1.29 is 9.31 Å². The van der Waals surface area contributed by atoms with Gasteiger partial charge in [-0.1, -0.05) is 38.1 Å². The number of nitro benzene ring substituents is 1. The predicted octanol–water partition coefficient (Wildman–Crippen LogP) is 4.52. The summed E-state index contributed by atoms with van der Waals surface area (Å²) in [5.41, 5.74) is 2.19. The van der Waals surface area contributed by atoms with Crippen molar-refractivity contribution in [3.63, 3.8) is 0 Å². The number of nitro groups is 1. The molecule has 2 aromatic rings. The molecule has 3 nitrogen and oxygen atoms in total. The molecule has 0 heterocycles. The third kappa shape index (κ3) is 2.78. The summed E-state index contributed by atoms with van der Waals surface area (Å²) in [4.78, 5) is 9.83. The lowest BCUT2D eigenvalue weighted by atomic mass is 9.98. The van der Waals surface area contributed by atoms with Crippen LogP contribution in [0.15, 0.2) is 42.5 Å². The van der Waals surface area contributed by atoms with Crippen LogP contribution in [0.4, 0.5) is 10.1 Å². The molecule has 0 radical (unpaired) electrons. The van der Waals surface area contributed by atoms with Gasteiger partial charge in [-0.25, -0.2) is 0 Å². The van der Waals surface area contributed by atoms with E-state index in [9.17, 15) is 14.5 Å². The Morgan fingerprint density at radius 1 is 1.05 bits per heavy atom. The fourth-order valence-electron chi connectivity index (χ4n) is 1.89. The van der Waals surface area contributed by atoms with Crippen LogP contribution in [0.5, 0.6) is 0 Å². The Labute approximate surface area is 110 Å². The average molecular weight is 259 g/mol. The van der Waals surface area contributed by atoms with Crippen molar-refractivity contribution >= 4 is 5.69 Å². The number of hydrogen-bond acceptors (Lipinski definition) is 2. The van der Waals surface area contributed by atoms with E-state index in [-0.39, 0.29) is 0 Å². The summed E-state index contributed by atoms with van der Waals surface area (Å²) in [6, 6.07) is 11.7. The lowest BCUT2D eigenvalue weighted by Gasteiger charge is -2.07. The van der Waals surface area contributed by atoms with Gasteiger partial charge >= 0.3 is 5.69 Å². The zero-order valence-electron chi connectivity index (χ0n) is 10.8. The van der Waals surface area contributed by atoms with E-state index in [0.717, 1.165) is 5.56 Å². The molecule has 0 unspecified atom stereocenters. The lowest BCUT2D eigenvalue weighted by molar-refractivity contribution is -0.387. The summed E-state index contributed by atoms with van der Waals surface area (Å²) >= 11 is 0. The molecule has 0 aromatic heterocycles. The molecule has 0 atom stereocenters. The topological polar surface area (TPSA) is 43.1 Å². The summed E-state index contributed by atoms with van der Waals surface area (Å²) in [5.74, 6) is -0.377. The van der Waals surface area contributed by atoms with Crippen molar-refractivity contribution in [1.82, 2.24) is 0 Å². The summed E-state index contributed by atoms with van der Waals surface area (Å²) in [6.45, 7) is 4.20. The molecule has 0 aliphatic rings. The van der Waals surface area contributed by atoms with Gasteiger partial charge in [-0.15, -0.1) is 0 Å². The van der Waals surface area contributed by atoms with E-state index in [4.69, 9.17) is 0 Å². The first-order chi connectivity index (χ1) is 8.99. The van der Waals surface area contributed by atoms with E-state index in [1.165, 1.54) is 17.7 Å². The van der Waals surface area contributed by atoms with E-state index in [0.29, 0.717) is 11.5 Å². The summed E-state index contributed by atoms with van der Waals surface area (Å²) in [7, 11) is 0. The van der Waals surface area contributed by atoms with Crippen molar-refractivity contribution in [2.45, 2.75) is 19.8 Å². The van der Waals surface area contributed by atoms with Gasteiger partial charge in [0.05, 0.1) is 4.92 Å². The number of hydrogen-bond donors (Lipinski definition) is 0. The standard InChI is InChI=1S/C15H14FNO2/c1-10(2)11-3-5-12(6-4-11)13-7-8-15(17(18)19)14(16)9-13/h3-10H,1-2H3. The van der Waals surface area contributed by atoms with Gasteiger partial charge in [0.1, 0.15) is 0 Å². The van der Waals surface area contributed by atoms with Gasteiger partial charge in [0, 0.05) is 6.07 Å². The Morgan fingerprint density at radius 2 is 1.63 bits per heavy atom. The normalized spacial score (nSPS) is 10.7. The van der Waals surface area contributed by atoms with Crippen molar-refractivity contribution in [2.24, 2.45) is 0 Å². The molecule has 0 saturated heterocycles. The monoisotopic (exact) mass is 259 g/mol. The highest BCUT2D eigenvalue weighted by Crippen LogP contribution is 2.26. The van der Waals surface area contributed by atoms with Gasteiger partial charge in [0.2, 0.25) is 5.82 Å². The van der Waals surface area contributed by atoms with Gasteiger partial charge in [-0.2, -0.15) is 4.39 Å². The van der Waals surface area contributed by atoms with E-state index >= 15 is 0 Å². The Bertz CT molecular complexity index is 606. The molecule has 0 bridgehead atoms. The van der Waals surface area contributed by atoms with Crippen LogP contribution >= 0.6 is 0 Å². The highest BCUT2D eigenvalue weighted by molar-refractivity contribution is 5.65. The first-order valence-corrected chi connectivity index (χ1v) is 6.03. The second-order valence-corrected chi connectivity index (χ2v) is 4.70. The van der Waals surface area contributed by atoms with Crippen molar-refractivity contribution in [1.29, 1.82) is 0 Å². The quantitative estimate of drug-likeness (QED) is 0.600. The van der Waals surface area contributed by atoms with Crippen LogP contribution in [0.1, 0.15) is 25.3 Å². The Morgan fingerprint density at radius 3 is 2.11 bits per heavy atom. The van der Waals surface area contributed by atoms with Crippen molar-refractivity contribution in [3.8, 4) is 11.1 Å². The first-order valence-electron chi connectivity index (χ1n) is 6.03. The van der Waals surface area contributed by atoms with Gasteiger partial charge in [-0.3, -0.25) is 10.1 Å². The molecule has 0 amide bonds. The highest BCUT2D eigenvalue weighted by Gasteiger charge is 2.14. The maximum Gasteiger partial charge on any atom is 0.304 e. The minimum absolute atomic E-state index is 0.433. The van der Waals surface area contributed by atoms with Crippen LogP contribution in [0, 0.1) is 15.9 Å². The number of nitrogens with zero attached hydrogens (tertiary/aromatic N) is 1. The van der Waals surface area contributed by atoms with Crippen LogP contribution < -0.4 is 0 Å². The molecule has 19 heavy (non-hydrogen) atoms. The molecule has 2 rings (SSSR count). The molecular weight excluding hydrogens is 245 g/mol. The largest absolute Gasteiger partial charge is 0.304 e. The summed E-state index contributed by atoms with van der Waals surface area (Å²) < 4.78 is 13.6. The van der Waals surface area contributed by atoms with Gasteiger partial charge in [-0.05, 0) is 34.7 Å². The van der Waals surface area contributed by atoms with Gasteiger partial charge in [0.25, 0.3) is 0 Å². The Kier molecular flexibility index (Phi) is 3.60. The Hall–Kier alpha value is -2.23. The third-order valence-electron chi connectivity index (χ3n) is 3.06.